The molecule has 124 valence electrons. The van der Waals surface area contributed by atoms with Crippen molar-refractivity contribution in [2.45, 2.75) is 38.5 Å². The molecule has 0 fully saturated rings. The fourth-order valence-electron chi connectivity index (χ4n) is 2.87. The van der Waals surface area contributed by atoms with Crippen molar-refractivity contribution in [1.82, 2.24) is 0 Å². The van der Waals surface area contributed by atoms with Crippen LogP contribution in [0.3, 0.4) is 0 Å². The smallest absolute Gasteiger partial charge is 0.254 e. The maximum Gasteiger partial charge on any atom is 0.254 e. The third-order valence-corrected chi connectivity index (χ3v) is 4.56. The quantitative estimate of drug-likeness (QED) is 0.332. The van der Waals surface area contributed by atoms with Crippen LogP contribution in [0.4, 0.5) is 0 Å². The molecule has 0 N–H and O–H groups in total. The molecule has 1 aliphatic rings. The molecular weight excluding hydrogens is 410 g/mol. The van der Waals surface area contributed by atoms with E-state index in [-0.39, 0.29) is 17.0 Å². The number of ether oxygens (including phenoxy) is 2. The molecule has 2 rings (SSSR count). The van der Waals surface area contributed by atoms with Gasteiger partial charge in [0.25, 0.3) is 5.79 Å². The summed E-state index contributed by atoms with van der Waals surface area (Å²) in [4.78, 5) is 0. The minimum Gasteiger partial charge on any atom is -1.00 e. The van der Waals surface area contributed by atoms with Crippen molar-refractivity contribution >= 4 is 22.1 Å². The van der Waals surface area contributed by atoms with Crippen LogP contribution in [0.5, 0.6) is 0 Å². The summed E-state index contributed by atoms with van der Waals surface area (Å²) in [6, 6.07) is 11.0. The second-order valence-electron chi connectivity index (χ2n) is 5.29. The second kappa shape index (κ2) is 9.81. The highest BCUT2D eigenvalue weighted by Gasteiger charge is 2.46. The molecule has 0 spiro atoms. The monoisotopic (exact) mass is 433 g/mol. The first-order valence-electron chi connectivity index (χ1n) is 7.72. The lowest BCUT2D eigenvalue weighted by atomic mass is 10.1. The largest absolute Gasteiger partial charge is 1.00 e. The van der Waals surface area contributed by atoms with Gasteiger partial charge in [0.05, 0.1) is 11.8 Å². The van der Waals surface area contributed by atoms with Gasteiger partial charge in [-0.1, -0.05) is 46.3 Å². The molecule has 0 aliphatic carbocycles. The first-order chi connectivity index (χ1) is 10.2. The minimum atomic E-state index is -0.543. The normalized spacial score (nSPS) is 19.6. The number of alkyl halides is 1. The van der Waals surface area contributed by atoms with E-state index in [1.165, 1.54) is 5.56 Å². The van der Waals surface area contributed by atoms with Crippen molar-refractivity contribution in [2.24, 2.45) is 0 Å². The van der Waals surface area contributed by atoms with Crippen molar-refractivity contribution in [1.29, 1.82) is 0 Å². The lowest BCUT2D eigenvalue weighted by molar-refractivity contribution is -0.548. The molecule has 0 radical (unpaired) electrons. The van der Waals surface area contributed by atoms with E-state index in [0.717, 1.165) is 24.7 Å². The van der Waals surface area contributed by atoms with Gasteiger partial charge in [0.1, 0.15) is 6.54 Å². The van der Waals surface area contributed by atoms with Crippen LogP contribution in [0.25, 0.3) is 0 Å². The molecule has 0 aromatic heterocycles. The fraction of sp³-hybridized carbons (Fsp3) is 0.588. The second-order valence-corrected chi connectivity index (χ2v) is 5.94. The predicted octanol–water partition coefficient (Wildman–Crippen LogP) is 0.253. The number of rotatable bonds is 8. The van der Waals surface area contributed by atoms with Gasteiger partial charge in [-0.2, -0.15) is 0 Å². The molecule has 0 bridgehead atoms. The van der Waals surface area contributed by atoms with Crippen LogP contribution in [-0.4, -0.2) is 47.7 Å². The molecule has 0 saturated carbocycles. The van der Waals surface area contributed by atoms with Gasteiger partial charge in [-0.25, -0.2) is 4.58 Å². The Kier molecular flexibility index (Phi) is 8.83. The van der Waals surface area contributed by atoms with E-state index >= 15 is 0 Å². The summed E-state index contributed by atoms with van der Waals surface area (Å²) in [6.45, 7) is 6.35. The summed E-state index contributed by atoms with van der Waals surface area (Å²) in [5.74, 6) is -0.543. The molecule has 1 aliphatic heterocycles. The maximum atomic E-state index is 5.90. The van der Waals surface area contributed by atoms with Crippen molar-refractivity contribution in [3.8, 4) is 0 Å². The Morgan fingerprint density at radius 3 is 2.36 bits per heavy atom. The summed E-state index contributed by atoms with van der Waals surface area (Å²) in [6.07, 6.45) is 4.07. The summed E-state index contributed by atoms with van der Waals surface area (Å²) in [5, 5.41) is 0.931. The molecule has 1 aromatic carbocycles. The predicted molar refractivity (Wildman–Crippen MR) is 89.5 cm³/mol. The standard InChI is InChI=1S/C17H25BrNO2.BrH/c1-3-20-17(21-4-2)12-16(13-18)19(14-17)11-10-15-8-6-5-7-9-15;/h5-9,14,16H,3-4,10-13H2,1-2H3;1H/q+1;/p-1. The van der Waals surface area contributed by atoms with Crippen LogP contribution >= 0.6 is 15.9 Å². The summed E-state index contributed by atoms with van der Waals surface area (Å²) >= 11 is 3.62. The van der Waals surface area contributed by atoms with Crippen LogP contribution in [0.2, 0.25) is 0 Å². The van der Waals surface area contributed by atoms with E-state index in [4.69, 9.17) is 9.47 Å². The van der Waals surface area contributed by atoms with Crippen LogP contribution in [0.1, 0.15) is 25.8 Å². The number of nitrogens with zero attached hydrogens (tertiary/aromatic N) is 1. The Labute approximate surface area is 152 Å². The summed E-state index contributed by atoms with van der Waals surface area (Å²) in [7, 11) is 0. The number of benzene rings is 1. The Morgan fingerprint density at radius 1 is 1.18 bits per heavy atom. The molecule has 1 unspecified atom stereocenters. The zero-order chi connectivity index (χ0) is 15.1. The Balaban J connectivity index is 0.00000242. The van der Waals surface area contributed by atoms with Gasteiger partial charge in [0.15, 0.2) is 6.04 Å². The number of hydrogen-bond donors (Lipinski definition) is 0. The third-order valence-electron chi connectivity index (χ3n) is 3.81. The van der Waals surface area contributed by atoms with Crippen molar-refractivity contribution < 1.29 is 31.0 Å². The van der Waals surface area contributed by atoms with Gasteiger partial charge in [-0.05, 0) is 19.4 Å². The lowest BCUT2D eigenvalue weighted by Gasteiger charge is -2.23. The van der Waals surface area contributed by atoms with E-state index in [0.29, 0.717) is 19.3 Å². The van der Waals surface area contributed by atoms with E-state index in [9.17, 15) is 0 Å². The van der Waals surface area contributed by atoms with Crippen molar-refractivity contribution in [2.75, 3.05) is 25.1 Å². The molecule has 1 atom stereocenters. The zero-order valence-corrected chi connectivity index (χ0v) is 16.5. The first kappa shape index (κ1) is 19.8. The highest BCUT2D eigenvalue weighted by atomic mass is 79.9. The number of halogens is 2. The van der Waals surface area contributed by atoms with E-state index < -0.39 is 5.79 Å². The Morgan fingerprint density at radius 2 is 1.82 bits per heavy atom. The molecule has 0 amide bonds. The van der Waals surface area contributed by atoms with Gasteiger partial charge in [0, 0.05) is 19.6 Å². The van der Waals surface area contributed by atoms with E-state index in [1.807, 2.05) is 13.8 Å². The first-order valence-corrected chi connectivity index (χ1v) is 8.84. The highest BCUT2D eigenvalue weighted by molar-refractivity contribution is 9.09. The minimum absolute atomic E-state index is 0. The van der Waals surface area contributed by atoms with Gasteiger partial charge in [-0.3, -0.25) is 0 Å². The molecule has 1 heterocycles. The average Bonchev–Trinajstić information content (AvgIpc) is 2.85. The van der Waals surface area contributed by atoms with Gasteiger partial charge in [-0.15, -0.1) is 0 Å². The van der Waals surface area contributed by atoms with Gasteiger partial charge < -0.3 is 26.5 Å². The van der Waals surface area contributed by atoms with E-state index in [2.05, 4.69) is 57.1 Å². The molecular formula is C17H25Br2NO2. The fourth-order valence-corrected chi connectivity index (χ4v) is 3.47. The van der Waals surface area contributed by atoms with Crippen LogP contribution in [0, 0.1) is 0 Å². The number of hydrogen-bond acceptors (Lipinski definition) is 2. The average molecular weight is 435 g/mol. The SMILES string of the molecule is CCOC1(OCC)C=[N+](CCc2ccccc2)C(CBr)C1.[Br-]. The lowest BCUT2D eigenvalue weighted by Crippen LogP contribution is -3.00. The van der Waals surface area contributed by atoms with Gasteiger partial charge >= 0.3 is 0 Å². The Bertz CT molecular complexity index is 459. The molecule has 3 nitrogen and oxygen atoms in total. The third kappa shape index (κ3) is 5.15. The zero-order valence-electron chi connectivity index (χ0n) is 13.3. The Hall–Kier alpha value is -0.230. The highest BCUT2D eigenvalue weighted by Crippen LogP contribution is 2.26. The molecule has 22 heavy (non-hydrogen) atoms. The van der Waals surface area contributed by atoms with Crippen molar-refractivity contribution in [3.63, 3.8) is 0 Å². The van der Waals surface area contributed by atoms with Crippen molar-refractivity contribution in [3.05, 3.63) is 35.9 Å². The van der Waals surface area contributed by atoms with Crippen LogP contribution in [0.15, 0.2) is 30.3 Å². The van der Waals surface area contributed by atoms with Crippen LogP contribution < -0.4 is 17.0 Å². The summed E-state index contributed by atoms with van der Waals surface area (Å²) in [5.41, 5.74) is 1.37. The summed E-state index contributed by atoms with van der Waals surface area (Å²) < 4.78 is 14.2. The van der Waals surface area contributed by atoms with Gasteiger partial charge in [0.2, 0.25) is 6.21 Å². The maximum absolute atomic E-state index is 5.90. The molecule has 5 heteroatoms. The molecule has 1 aromatic rings. The van der Waals surface area contributed by atoms with E-state index in [1.54, 1.807) is 0 Å². The topological polar surface area (TPSA) is 21.5 Å². The van der Waals surface area contributed by atoms with Crippen LogP contribution in [-0.2, 0) is 15.9 Å². The molecule has 0 saturated heterocycles.